The molecule has 13 rings (SSSR count). The molecule has 0 saturated carbocycles. The predicted octanol–water partition coefficient (Wildman–Crippen LogP) is 15.1. The standard InChI is InChI=1S/C58H36N4/c1-4-19-38(20-5-1)53-55-46-29-15-17-31-48(46)62(51(55)36-52-56(53)54-41-25-11-10-18-37(41)32-34-50(54)61(52)40-23-8-3-9-24-40)49-35-33-44(42-26-12-13-27-43(42)49)58-59-47-30-16-14-28-45(47)57(60-58)39-21-6-2-7-22-39/h1-36H. The summed E-state index contributed by atoms with van der Waals surface area (Å²) in [5.41, 5.74) is 13.2. The van der Waals surface area contributed by atoms with Gasteiger partial charge in [-0.05, 0) is 70.3 Å². The van der Waals surface area contributed by atoms with Crippen LogP contribution in [0.5, 0.6) is 0 Å². The number of hydrogen-bond donors (Lipinski definition) is 0. The van der Waals surface area contributed by atoms with Crippen molar-refractivity contribution in [1.29, 1.82) is 0 Å². The lowest BCUT2D eigenvalue weighted by atomic mass is 9.93. The summed E-state index contributed by atoms with van der Waals surface area (Å²) < 4.78 is 4.96. The van der Waals surface area contributed by atoms with Crippen LogP contribution in [0, 0.1) is 0 Å². The summed E-state index contributed by atoms with van der Waals surface area (Å²) in [6.45, 7) is 0. The van der Waals surface area contributed by atoms with E-state index >= 15 is 0 Å². The lowest BCUT2D eigenvalue weighted by molar-refractivity contribution is 1.17. The third kappa shape index (κ3) is 5.07. The van der Waals surface area contributed by atoms with Gasteiger partial charge in [-0.1, -0.05) is 170 Å². The van der Waals surface area contributed by atoms with Gasteiger partial charge in [-0.25, -0.2) is 9.97 Å². The second kappa shape index (κ2) is 13.6. The first-order valence-corrected chi connectivity index (χ1v) is 21.2. The zero-order chi connectivity index (χ0) is 40.7. The van der Waals surface area contributed by atoms with E-state index in [0.29, 0.717) is 5.82 Å². The van der Waals surface area contributed by atoms with Gasteiger partial charge in [0.2, 0.25) is 0 Å². The number of nitrogens with zero attached hydrogens (tertiary/aromatic N) is 4. The van der Waals surface area contributed by atoms with E-state index in [1.54, 1.807) is 0 Å². The number of para-hydroxylation sites is 3. The van der Waals surface area contributed by atoms with Crippen LogP contribution in [0.2, 0.25) is 0 Å². The molecule has 0 saturated heterocycles. The Balaban J connectivity index is 1.17. The normalized spacial score (nSPS) is 11.9. The highest BCUT2D eigenvalue weighted by atomic mass is 15.0. The number of fused-ring (bicyclic) bond motifs is 10. The van der Waals surface area contributed by atoms with Crippen LogP contribution in [-0.2, 0) is 0 Å². The van der Waals surface area contributed by atoms with Gasteiger partial charge in [0.25, 0.3) is 0 Å². The molecule has 0 aliphatic heterocycles. The minimum Gasteiger partial charge on any atom is -0.309 e. The second-order valence-corrected chi connectivity index (χ2v) is 16.1. The lowest BCUT2D eigenvalue weighted by Gasteiger charge is -2.16. The number of hydrogen-bond acceptors (Lipinski definition) is 2. The average molecular weight is 789 g/mol. The smallest absolute Gasteiger partial charge is 0.161 e. The van der Waals surface area contributed by atoms with Gasteiger partial charge in [-0.3, -0.25) is 0 Å². The monoisotopic (exact) mass is 788 g/mol. The number of rotatable bonds is 5. The van der Waals surface area contributed by atoms with Gasteiger partial charge in [0, 0.05) is 54.7 Å². The van der Waals surface area contributed by atoms with E-state index < -0.39 is 0 Å². The molecule has 4 nitrogen and oxygen atoms in total. The summed E-state index contributed by atoms with van der Waals surface area (Å²) in [4.78, 5) is 10.5. The highest BCUT2D eigenvalue weighted by Crippen LogP contribution is 2.49. The van der Waals surface area contributed by atoms with Crippen LogP contribution in [0.1, 0.15) is 0 Å². The molecule has 0 bridgehead atoms. The van der Waals surface area contributed by atoms with Crippen molar-refractivity contribution in [3.05, 3.63) is 218 Å². The number of aromatic nitrogens is 4. The van der Waals surface area contributed by atoms with E-state index in [1.807, 2.05) is 6.07 Å². The second-order valence-electron chi connectivity index (χ2n) is 16.1. The van der Waals surface area contributed by atoms with E-state index in [1.165, 1.54) is 49.0 Å². The Labute approximate surface area is 357 Å². The maximum Gasteiger partial charge on any atom is 0.161 e. The van der Waals surface area contributed by atoms with Crippen LogP contribution in [-0.4, -0.2) is 19.1 Å². The summed E-state index contributed by atoms with van der Waals surface area (Å²) in [7, 11) is 0. The van der Waals surface area contributed by atoms with Crippen LogP contribution in [0.4, 0.5) is 0 Å². The summed E-state index contributed by atoms with van der Waals surface area (Å²) in [5, 5.41) is 10.7. The molecule has 0 fully saturated rings. The summed E-state index contributed by atoms with van der Waals surface area (Å²) in [5.74, 6) is 0.709. The van der Waals surface area contributed by atoms with Crippen molar-refractivity contribution in [3.63, 3.8) is 0 Å². The van der Waals surface area contributed by atoms with Crippen molar-refractivity contribution < 1.29 is 0 Å². The van der Waals surface area contributed by atoms with E-state index in [0.717, 1.165) is 66.4 Å². The average Bonchev–Trinajstić information content (AvgIpc) is 3.86. The molecule has 0 radical (unpaired) electrons. The Morgan fingerprint density at radius 3 is 1.74 bits per heavy atom. The topological polar surface area (TPSA) is 35.6 Å². The summed E-state index contributed by atoms with van der Waals surface area (Å²) in [6.07, 6.45) is 0. The van der Waals surface area contributed by atoms with Crippen LogP contribution < -0.4 is 0 Å². The molecule has 4 heteroatoms. The summed E-state index contributed by atoms with van der Waals surface area (Å²) in [6, 6.07) is 78.5. The highest BCUT2D eigenvalue weighted by Gasteiger charge is 2.26. The van der Waals surface area contributed by atoms with Crippen molar-refractivity contribution in [1.82, 2.24) is 19.1 Å². The van der Waals surface area contributed by atoms with Crippen LogP contribution in [0.15, 0.2) is 218 Å². The Morgan fingerprint density at radius 2 is 0.952 bits per heavy atom. The fourth-order valence-electron chi connectivity index (χ4n) is 10.1. The van der Waals surface area contributed by atoms with Gasteiger partial charge in [0.1, 0.15) is 0 Å². The molecule has 0 unspecified atom stereocenters. The minimum absolute atomic E-state index is 0.709. The van der Waals surface area contributed by atoms with Crippen molar-refractivity contribution in [2.24, 2.45) is 0 Å². The highest BCUT2D eigenvalue weighted by molar-refractivity contribution is 6.32. The SMILES string of the molecule is c1ccc(-c2nc(-c3ccc(-n4c5ccccc5c5c(-c6ccccc6)c6c7c8ccccc8ccc7n(-c7ccccc7)c6cc54)c4ccccc34)nc3ccccc23)cc1. The first kappa shape index (κ1) is 34.5. The van der Waals surface area contributed by atoms with Gasteiger partial charge in [-0.15, -0.1) is 0 Å². The largest absolute Gasteiger partial charge is 0.309 e. The molecule has 62 heavy (non-hydrogen) atoms. The lowest BCUT2D eigenvalue weighted by Crippen LogP contribution is -1.99. The van der Waals surface area contributed by atoms with Crippen molar-refractivity contribution in [3.8, 4) is 45.1 Å². The quantitative estimate of drug-likeness (QED) is 0.174. The molecule has 0 aliphatic rings. The van der Waals surface area contributed by atoms with Crippen molar-refractivity contribution in [2.45, 2.75) is 0 Å². The van der Waals surface area contributed by atoms with Gasteiger partial charge >= 0.3 is 0 Å². The fraction of sp³-hybridized carbons (Fsp3) is 0. The zero-order valence-electron chi connectivity index (χ0n) is 33.6. The van der Waals surface area contributed by atoms with Crippen LogP contribution in [0.25, 0.3) is 121 Å². The molecular formula is C58H36N4. The molecule has 0 spiro atoms. The van der Waals surface area contributed by atoms with Gasteiger partial charge in [0.05, 0.1) is 39.0 Å². The Hall–Kier alpha value is -8.34. The molecule has 10 aromatic carbocycles. The first-order valence-electron chi connectivity index (χ1n) is 21.2. The Bertz CT molecular complexity index is 3900. The Kier molecular flexibility index (Phi) is 7.57. The van der Waals surface area contributed by atoms with E-state index in [-0.39, 0.29) is 0 Å². The summed E-state index contributed by atoms with van der Waals surface area (Å²) >= 11 is 0. The molecular weight excluding hydrogens is 753 g/mol. The molecule has 288 valence electrons. The first-order chi connectivity index (χ1) is 30.8. The molecule has 0 N–H and O–H groups in total. The predicted molar refractivity (Wildman–Crippen MR) is 260 cm³/mol. The zero-order valence-corrected chi connectivity index (χ0v) is 33.6. The maximum atomic E-state index is 5.32. The molecule has 0 atom stereocenters. The van der Waals surface area contributed by atoms with Crippen molar-refractivity contribution >= 4 is 76.1 Å². The van der Waals surface area contributed by atoms with E-state index in [2.05, 4.69) is 221 Å². The van der Waals surface area contributed by atoms with Gasteiger partial charge < -0.3 is 9.13 Å². The third-order valence-corrected chi connectivity index (χ3v) is 12.7. The van der Waals surface area contributed by atoms with Gasteiger partial charge in [-0.2, -0.15) is 0 Å². The van der Waals surface area contributed by atoms with Crippen molar-refractivity contribution in [2.75, 3.05) is 0 Å². The van der Waals surface area contributed by atoms with Crippen LogP contribution in [0.3, 0.4) is 0 Å². The van der Waals surface area contributed by atoms with Crippen LogP contribution >= 0.6 is 0 Å². The molecule has 13 aromatic rings. The molecule has 3 aromatic heterocycles. The maximum absolute atomic E-state index is 5.32. The van der Waals surface area contributed by atoms with E-state index in [4.69, 9.17) is 9.97 Å². The molecule has 0 amide bonds. The third-order valence-electron chi connectivity index (χ3n) is 12.7. The molecule has 0 aliphatic carbocycles. The number of benzene rings is 10. The minimum atomic E-state index is 0.709. The molecule has 3 heterocycles. The Morgan fingerprint density at radius 1 is 0.339 bits per heavy atom. The fourth-order valence-corrected chi connectivity index (χ4v) is 10.1. The van der Waals surface area contributed by atoms with Gasteiger partial charge in [0.15, 0.2) is 5.82 Å². The van der Waals surface area contributed by atoms with E-state index in [9.17, 15) is 0 Å².